The Morgan fingerprint density at radius 3 is 1.61 bits per heavy atom. The predicted molar refractivity (Wildman–Crippen MR) is 130 cm³/mol. The molecule has 162 valence electrons. The SMILES string of the molecule is CC(C)CN=C(N)c1ccc(-c2coc(-c3ccc(C(N)=NCC(C)C)cc3)c2)cc1. The van der Waals surface area contributed by atoms with E-state index in [1.54, 1.807) is 6.26 Å². The van der Waals surface area contributed by atoms with Gasteiger partial charge in [0.15, 0.2) is 0 Å². The highest BCUT2D eigenvalue weighted by Crippen LogP contribution is 2.29. The molecule has 2 aromatic carbocycles. The van der Waals surface area contributed by atoms with Crippen LogP contribution < -0.4 is 11.5 Å². The fourth-order valence-electron chi connectivity index (χ4n) is 3.02. The maximum Gasteiger partial charge on any atom is 0.134 e. The summed E-state index contributed by atoms with van der Waals surface area (Å²) in [5, 5.41) is 0. The van der Waals surface area contributed by atoms with Crippen LogP contribution >= 0.6 is 0 Å². The Morgan fingerprint density at radius 2 is 1.16 bits per heavy atom. The van der Waals surface area contributed by atoms with Gasteiger partial charge in [-0.05, 0) is 23.5 Å². The van der Waals surface area contributed by atoms with Gasteiger partial charge in [-0.15, -0.1) is 0 Å². The van der Waals surface area contributed by atoms with Crippen LogP contribution in [0.3, 0.4) is 0 Å². The minimum Gasteiger partial charge on any atom is -0.464 e. The zero-order valence-corrected chi connectivity index (χ0v) is 18.8. The maximum atomic E-state index is 6.09. The van der Waals surface area contributed by atoms with E-state index in [0.29, 0.717) is 23.5 Å². The number of furan rings is 1. The van der Waals surface area contributed by atoms with Crippen molar-refractivity contribution in [3.63, 3.8) is 0 Å². The van der Waals surface area contributed by atoms with Crippen molar-refractivity contribution in [2.24, 2.45) is 33.3 Å². The zero-order chi connectivity index (χ0) is 22.4. The van der Waals surface area contributed by atoms with Gasteiger partial charge in [-0.1, -0.05) is 76.2 Å². The van der Waals surface area contributed by atoms with Crippen LogP contribution in [-0.2, 0) is 0 Å². The molecule has 0 amide bonds. The lowest BCUT2D eigenvalue weighted by Crippen LogP contribution is -2.14. The van der Waals surface area contributed by atoms with E-state index in [1.807, 2.05) is 54.6 Å². The fraction of sp³-hybridized carbons (Fsp3) is 0.308. The maximum absolute atomic E-state index is 6.09. The third-order valence-electron chi connectivity index (χ3n) is 4.83. The molecule has 0 bridgehead atoms. The lowest BCUT2D eigenvalue weighted by Gasteiger charge is -2.05. The minimum absolute atomic E-state index is 0.484. The van der Waals surface area contributed by atoms with Crippen molar-refractivity contribution in [1.82, 2.24) is 0 Å². The second kappa shape index (κ2) is 10.1. The first-order valence-electron chi connectivity index (χ1n) is 10.7. The molecule has 0 unspecified atom stereocenters. The number of benzene rings is 2. The van der Waals surface area contributed by atoms with E-state index in [2.05, 4.69) is 37.7 Å². The Hall–Kier alpha value is -3.34. The molecule has 0 aliphatic heterocycles. The highest BCUT2D eigenvalue weighted by molar-refractivity contribution is 5.98. The van der Waals surface area contributed by atoms with Gasteiger partial charge in [0.05, 0.1) is 6.26 Å². The van der Waals surface area contributed by atoms with Gasteiger partial charge in [0.1, 0.15) is 17.4 Å². The lowest BCUT2D eigenvalue weighted by atomic mass is 10.0. The molecule has 3 aromatic rings. The predicted octanol–water partition coefficient (Wildman–Crippen LogP) is 5.34. The summed E-state index contributed by atoms with van der Waals surface area (Å²) in [4.78, 5) is 8.87. The number of nitrogens with zero attached hydrogens (tertiary/aromatic N) is 2. The van der Waals surface area contributed by atoms with Gasteiger partial charge in [-0.25, -0.2) is 0 Å². The van der Waals surface area contributed by atoms with E-state index in [4.69, 9.17) is 15.9 Å². The van der Waals surface area contributed by atoms with Crippen LogP contribution in [0.4, 0.5) is 0 Å². The molecule has 0 spiro atoms. The van der Waals surface area contributed by atoms with Gasteiger partial charge in [0, 0.05) is 35.3 Å². The zero-order valence-electron chi connectivity index (χ0n) is 18.8. The van der Waals surface area contributed by atoms with E-state index in [-0.39, 0.29) is 0 Å². The molecule has 4 N–H and O–H groups in total. The van der Waals surface area contributed by atoms with Crippen LogP contribution in [0.15, 0.2) is 75.3 Å². The molecule has 1 aromatic heterocycles. The Bertz CT molecular complexity index is 958. The third-order valence-corrected chi connectivity index (χ3v) is 4.83. The summed E-state index contributed by atoms with van der Waals surface area (Å²) in [5.74, 6) is 2.92. The smallest absolute Gasteiger partial charge is 0.134 e. The molecule has 0 atom stereocenters. The summed E-state index contributed by atoms with van der Waals surface area (Å²) in [5.41, 5.74) is 17.1. The number of rotatable bonds is 8. The molecular weight excluding hydrogens is 384 g/mol. The molecule has 0 aliphatic rings. The van der Waals surface area contributed by atoms with Crippen LogP contribution in [0.25, 0.3) is 22.5 Å². The normalized spacial score (nSPS) is 12.7. The highest BCUT2D eigenvalue weighted by atomic mass is 16.3. The lowest BCUT2D eigenvalue weighted by molar-refractivity contribution is 0.583. The van der Waals surface area contributed by atoms with Crippen molar-refractivity contribution in [2.45, 2.75) is 27.7 Å². The fourth-order valence-corrected chi connectivity index (χ4v) is 3.02. The van der Waals surface area contributed by atoms with Crippen LogP contribution in [0, 0.1) is 11.8 Å². The van der Waals surface area contributed by atoms with Crippen molar-refractivity contribution < 1.29 is 4.42 Å². The summed E-state index contributed by atoms with van der Waals surface area (Å²) in [7, 11) is 0. The van der Waals surface area contributed by atoms with Crippen LogP contribution in [0.2, 0.25) is 0 Å². The molecular formula is C26H32N4O. The van der Waals surface area contributed by atoms with Gasteiger partial charge in [0.2, 0.25) is 0 Å². The topological polar surface area (TPSA) is 89.9 Å². The second-order valence-corrected chi connectivity index (χ2v) is 8.59. The standard InChI is InChI=1S/C26H32N4O/c1-17(2)14-29-25(27)21-9-5-19(6-10-21)23-13-24(31-16-23)20-7-11-22(12-8-20)26(28)30-15-18(3)4/h5-13,16-18H,14-15H2,1-4H3,(H2,27,29)(H2,28,30). The molecule has 0 aliphatic carbocycles. The molecule has 0 saturated heterocycles. The van der Waals surface area contributed by atoms with Crippen LogP contribution in [0.5, 0.6) is 0 Å². The first kappa shape index (κ1) is 22.3. The third kappa shape index (κ3) is 6.07. The van der Waals surface area contributed by atoms with Gasteiger partial charge in [-0.2, -0.15) is 0 Å². The molecule has 31 heavy (non-hydrogen) atoms. The second-order valence-electron chi connectivity index (χ2n) is 8.59. The van der Waals surface area contributed by atoms with Gasteiger partial charge < -0.3 is 15.9 Å². The summed E-state index contributed by atoms with van der Waals surface area (Å²) in [6, 6.07) is 18.1. The van der Waals surface area contributed by atoms with Crippen molar-refractivity contribution in [1.29, 1.82) is 0 Å². The van der Waals surface area contributed by atoms with E-state index >= 15 is 0 Å². The summed E-state index contributed by atoms with van der Waals surface area (Å²) in [6.07, 6.45) is 1.77. The summed E-state index contributed by atoms with van der Waals surface area (Å²) in [6.45, 7) is 9.95. The number of amidine groups is 2. The van der Waals surface area contributed by atoms with Gasteiger partial charge in [0.25, 0.3) is 0 Å². The quantitative estimate of drug-likeness (QED) is 0.384. The van der Waals surface area contributed by atoms with Gasteiger partial charge in [-0.3, -0.25) is 9.98 Å². The van der Waals surface area contributed by atoms with Crippen LogP contribution in [-0.4, -0.2) is 24.8 Å². The number of nitrogens with two attached hydrogens (primary N) is 2. The molecule has 0 radical (unpaired) electrons. The minimum atomic E-state index is 0.484. The Kier molecular flexibility index (Phi) is 7.29. The highest BCUT2D eigenvalue weighted by Gasteiger charge is 2.08. The Labute approximate surface area is 184 Å². The van der Waals surface area contributed by atoms with Gasteiger partial charge >= 0.3 is 0 Å². The monoisotopic (exact) mass is 416 g/mol. The van der Waals surface area contributed by atoms with Crippen molar-refractivity contribution in [3.8, 4) is 22.5 Å². The largest absolute Gasteiger partial charge is 0.464 e. The number of hydrogen-bond acceptors (Lipinski definition) is 3. The Morgan fingerprint density at radius 1 is 0.710 bits per heavy atom. The van der Waals surface area contributed by atoms with Crippen LogP contribution in [0.1, 0.15) is 38.8 Å². The number of hydrogen-bond donors (Lipinski definition) is 2. The number of aliphatic imine (C=N–C) groups is 2. The van der Waals surface area contributed by atoms with E-state index in [9.17, 15) is 0 Å². The molecule has 0 saturated carbocycles. The first-order valence-corrected chi connectivity index (χ1v) is 10.7. The van der Waals surface area contributed by atoms with E-state index in [1.165, 1.54) is 0 Å². The van der Waals surface area contributed by atoms with E-state index in [0.717, 1.165) is 46.7 Å². The van der Waals surface area contributed by atoms with Crippen molar-refractivity contribution >= 4 is 11.7 Å². The average molecular weight is 417 g/mol. The molecule has 3 rings (SSSR count). The van der Waals surface area contributed by atoms with Crippen molar-refractivity contribution in [2.75, 3.05) is 13.1 Å². The molecule has 5 heteroatoms. The Balaban J connectivity index is 1.73. The molecule has 0 fully saturated rings. The summed E-state index contributed by atoms with van der Waals surface area (Å²) >= 11 is 0. The van der Waals surface area contributed by atoms with Crippen molar-refractivity contribution in [3.05, 3.63) is 72.0 Å². The average Bonchev–Trinajstić information content (AvgIpc) is 3.26. The molecule has 1 heterocycles. The van der Waals surface area contributed by atoms with E-state index < -0.39 is 0 Å². The summed E-state index contributed by atoms with van der Waals surface area (Å²) < 4.78 is 5.82. The first-order chi connectivity index (χ1) is 14.8. The molecule has 5 nitrogen and oxygen atoms in total.